The summed E-state index contributed by atoms with van der Waals surface area (Å²) in [5.74, 6) is 0.0301. The molecule has 0 saturated carbocycles. The van der Waals surface area contributed by atoms with Crippen molar-refractivity contribution in [1.29, 1.82) is 0 Å². The number of aromatic nitrogens is 3. The van der Waals surface area contributed by atoms with Crippen molar-refractivity contribution in [2.45, 2.75) is 31.7 Å². The SMILES string of the molecule is O=C(c1cn([C@H]2CCCNC2)nn1)N1CCCC1. The van der Waals surface area contributed by atoms with E-state index in [1.54, 1.807) is 6.20 Å². The van der Waals surface area contributed by atoms with E-state index in [4.69, 9.17) is 0 Å². The highest BCUT2D eigenvalue weighted by Gasteiger charge is 2.23. The molecule has 1 N–H and O–H groups in total. The lowest BCUT2D eigenvalue weighted by atomic mass is 10.1. The Labute approximate surface area is 106 Å². The summed E-state index contributed by atoms with van der Waals surface area (Å²) >= 11 is 0. The van der Waals surface area contributed by atoms with Gasteiger partial charge in [-0.2, -0.15) is 0 Å². The molecule has 2 fully saturated rings. The molecule has 98 valence electrons. The smallest absolute Gasteiger partial charge is 0.276 e. The minimum absolute atomic E-state index is 0.0301. The molecule has 1 aromatic rings. The van der Waals surface area contributed by atoms with Gasteiger partial charge >= 0.3 is 0 Å². The van der Waals surface area contributed by atoms with Crippen molar-refractivity contribution in [3.8, 4) is 0 Å². The van der Waals surface area contributed by atoms with E-state index in [2.05, 4.69) is 15.6 Å². The largest absolute Gasteiger partial charge is 0.337 e. The van der Waals surface area contributed by atoms with E-state index >= 15 is 0 Å². The third-order valence-corrected chi connectivity index (χ3v) is 3.77. The average Bonchev–Trinajstić information content (AvgIpc) is 3.10. The van der Waals surface area contributed by atoms with Crippen LogP contribution in [0.15, 0.2) is 6.20 Å². The minimum atomic E-state index is 0.0301. The zero-order valence-corrected chi connectivity index (χ0v) is 10.5. The Morgan fingerprint density at radius 1 is 1.33 bits per heavy atom. The maximum absolute atomic E-state index is 12.1. The van der Waals surface area contributed by atoms with Crippen LogP contribution in [0.2, 0.25) is 0 Å². The quantitative estimate of drug-likeness (QED) is 0.826. The predicted molar refractivity (Wildman–Crippen MR) is 66.3 cm³/mol. The average molecular weight is 249 g/mol. The number of hydrogen-bond acceptors (Lipinski definition) is 4. The molecule has 18 heavy (non-hydrogen) atoms. The lowest BCUT2D eigenvalue weighted by Crippen LogP contribution is -2.32. The van der Waals surface area contributed by atoms with Crippen molar-refractivity contribution in [3.05, 3.63) is 11.9 Å². The highest BCUT2D eigenvalue weighted by atomic mass is 16.2. The molecule has 0 bridgehead atoms. The first kappa shape index (κ1) is 11.6. The molecule has 0 aliphatic carbocycles. The van der Waals surface area contributed by atoms with Crippen LogP contribution in [0, 0.1) is 0 Å². The number of hydrogen-bond donors (Lipinski definition) is 1. The van der Waals surface area contributed by atoms with Crippen LogP contribution in [0.1, 0.15) is 42.2 Å². The van der Waals surface area contributed by atoms with Gasteiger partial charge in [0.25, 0.3) is 5.91 Å². The van der Waals surface area contributed by atoms with Gasteiger partial charge in [0.1, 0.15) is 0 Å². The van der Waals surface area contributed by atoms with Crippen LogP contribution < -0.4 is 5.32 Å². The number of carbonyl (C=O) groups excluding carboxylic acids is 1. The van der Waals surface area contributed by atoms with E-state index in [-0.39, 0.29) is 5.91 Å². The van der Waals surface area contributed by atoms with Gasteiger partial charge in [-0.15, -0.1) is 5.10 Å². The maximum atomic E-state index is 12.1. The summed E-state index contributed by atoms with van der Waals surface area (Å²) < 4.78 is 1.84. The molecule has 0 radical (unpaired) electrons. The lowest BCUT2D eigenvalue weighted by Gasteiger charge is -2.22. The van der Waals surface area contributed by atoms with Crippen LogP contribution in [0.5, 0.6) is 0 Å². The summed E-state index contributed by atoms with van der Waals surface area (Å²) in [6.07, 6.45) is 6.27. The Bertz CT molecular complexity index is 418. The van der Waals surface area contributed by atoms with Gasteiger partial charge in [0, 0.05) is 19.6 Å². The van der Waals surface area contributed by atoms with Crippen LogP contribution in [0.3, 0.4) is 0 Å². The first-order chi connectivity index (χ1) is 8.84. The predicted octanol–water partition coefficient (Wildman–Crippen LogP) is 0.439. The zero-order valence-electron chi connectivity index (χ0n) is 10.5. The van der Waals surface area contributed by atoms with Gasteiger partial charge in [-0.05, 0) is 32.2 Å². The summed E-state index contributed by atoms with van der Waals surface area (Å²) in [7, 11) is 0. The van der Waals surface area contributed by atoms with Crippen LogP contribution in [-0.2, 0) is 0 Å². The molecule has 3 rings (SSSR count). The highest BCUT2D eigenvalue weighted by molar-refractivity contribution is 5.92. The zero-order chi connectivity index (χ0) is 12.4. The molecule has 6 heteroatoms. The maximum Gasteiger partial charge on any atom is 0.276 e. The lowest BCUT2D eigenvalue weighted by molar-refractivity contribution is 0.0787. The molecule has 2 aliphatic heterocycles. The van der Waals surface area contributed by atoms with Gasteiger partial charge < -0.3 is 10.2 Å². The van der Waals surface area contributed by atoms with E-state index in [9.17, 15) is 4.79 Å². The summed E-state index contributed by atoms with van der Waals surface area (Å²) in [5.41, 5.74) is 0.488. The number of carbonyl (C=O) groups is 1. The van der Waals surface area contributed by atoms with Gasteiger partial charge in [0.2, 0.25) is 0 Å². The fraction of sp³-hybridized carbons (Fsp3) is 0.750. The number of nitrogens with one attached hydrogen (secondary N) is 1. The fourth-order valence-electron chi connectivity index (χ4n) is 2.69. The summed E-state index contributed by atoms with van der Waals surface area (Å²) in [4.78, 5) is 14.0. The second-order valence-corrected chi connectivity index (χ2v) is 5.08. The first-order valence-electron chi connectivity index (χ1n) is 6.76. The summed E-state index contributed by atoms with van der Waals surface area (Å²) in [5, 5.41) is 11.5. The third kappa shape index (κ3) is 2.25. The van der Waals surface area contributed by atoms with E-state index in [1.165, 1.54) is 0 Å². The molecule has 2 aliphatic rings. The Morgan fingerprint density at radius 3 is 2.89 bits per heavy atom. The molecule has 0 aromatic carbocycles. The molecule has 0 unspecified atom stereocenters. The number of rotatable bonds is 2. The molecular formula is C12H19N5O. The van der Waals surface area contributed by atoms with Crippen molar-refractivity contribution in [2.24, 2.45) is 0 Å². The monoisotopic (exact) mass is 249 g/mol. The summed E-state index contributed by atoms with van der Waals surface area (Å²) in [6, 6.07) is 0.339. The number of likely N-dealkylation sites (tertiary alicyclic amines) is 1. The number of amides is 1. The molecule has 0 spiro atoms. The highest BCUT2D eigenvalue weighted by Crippen LogP contribution is 2.16. The van der Waals surface area contributed by atoms with Gasteiger partial charge in [-0.3, -0.25) is 4.79 Å². The van der Waals surface area contributed by atoms with Crippen molar-refractivity contribution in [2.75, 3.05) is 26.2 Å². The van der Waals surface area contributed by atoms with Crippen molar-refractivity contribution >= 4 is 5.91 Å². The van der Waals surface area contributed by atoms with Crippen LogP contribution >= 0.6 is 0 Å². The molecular weight excluding hydrogens is 230 g/mol. The standard InChI is InChI=1S/C12H19N5O/c18-12(16-6-1-2-7-16)11-9-17(15-14-11)10-4-3-5-13-8-10/h9-10,13H,1-8H2/t10-/m0/s1. The van der Waals surface area contributed by atoms with E-state index in [1.807, 2.05) is 9.58 Å². The Balaban J connectivity index is 1.70. The second-order valence-electron chi connectivity index (χ2n) is 5.08. The Kier molecular flexibility index (Phi) is 3.27. The Morgan fingerprint density at radius 2 is 2.17 bits per heavy atom. The van der Waals surface area contributed by atoms with E-state index in [0.717, 1.165) is 51.9 Å². The minimum Gasteiger partial charge on any atom is -0.337 e. The molecule has 1 amide bonds. The van der Waals surface area contributed by atoms with Gasteiger partial charge in [-0.1, -0.05) is 5.21 Å². The number of nitrogens with zero attached hydrogens (tertiary/aromatic N) is 4. The fourth-order valence-corrected chi connectivity index (χ4v) is 2.69. The molecule has 1 atom stereocenters. The van der Waals surface area contributed by atoms with Crippen LogP contribution in [-0.4, -0.2) is 52.0 Å². The van der Waals surface area contributed by atoms with Crippen LogP contribution in [0.25, 0.3) is 0 Å². The molecule has 3 heterocycles. The van der Waals surface area contributed by atoms with Gasteiger partial charge in [-0.25, -0.2) is 4.68 Å². The number of piperidine rings is 1. The third-order valence-electron chi connectivity index (χ3n) is 3.77. The van der Waals surface area contributed by atoms with E-state index in [0.29, 0.717) is 11.7 Å². The first-order valence-corrected chi connectivity index (χ1v) is 6.76. The van der Waals surface area contributed by atoms with Gasteiger partial charge in [0.05, 0.1) is 12.2 Å². The van der Waals surface area contributed by atoms with Crippen LogP contribution in [0.4, 0.5) is 0 Å². The molecule has 2 saturated heterocycles. The van der Waals surface area contributed by atoms with Crippen molar-refractivity contribution in [3.63, 3.8) is 0 Å². The second kappa shape index (κ2) is 5.06. The molecule has 1 aromatic heterocycles. The summed E-state index contributed by atoms with van der Waals surface area (Å²) in [6.45, 7) is 3.71. The Hall–Kier alpha value is -1.43. The topological polar surface area (TPSA) is 63.1 Å². The van der Waals surface area contributed by atoms with E-state index < -0.39 is 0 Å². The molecule has 6 nitrogen and oxygen atoms in total. The van der Waals surface area contributed by atoms with Crippen molar-refractivity contribution in [1.82, 2.24) is 25.2 Å². The van der Waals surface area contributed by atoms with Crippen molar-refractivity contribution < 1.29 is 4.79 Å². The normalized spacial score (nSPS) is 24.4. The van der Waals surface area contributed by atoms with Gasteiger partial charge in [0.15, 0.2) is 5.69 Å².